The van der Waals surface area contributed by atoms with Crippen molar-refractivity contribution in [3.63, 3.8) is 0 Å². The Labute approximate surface area is 146 Å². The van der Waals surface area contributed by atoms with Crippen LogP contribution < -0.4 is 5.32 Å². The molecule has 3 nitrogen and oxygen atoms in total. The third-order valence-electron chi connectivity index (χ3n) is 4.93. The fourth-order valence-electron chi connectivity index (χ4n) is 3.38. The highest BCUT2D eigenvalue weighted by atomic mass is 32.1. The van der Waals surface area contributed by atoms with E-state index in [-0.39, 0.29) is 29.8 Å². The van der Waals surface area contributed by atoms with E-state index in [4.69, 9.17) is 0 Å². The van der Waals surface area contributed by atoms with Crippen molar-refractivity contribution >= 4 is 17.2 Å². The summed E-state index contributed by atoms with van der Waals surface area (Å²) in [5.41, 5.74) is 2.25. The lowest BCUT2D eigenvalue weighted by molar-refractivity contribution is -0.127. The minimum absolute atomic E-state index is 0.0114. The second-order valence-corrected chi connectivity index (χ2v) is 7.42. The van der Waals surface area contributed by atoms with Crippen molar-refractivity contribution in [3.8, 4) is 0 Å². The molecule has 0 aliphatic carbocycles. The molecular weight excluding hydrogens is 323 g/mol. The molecule has 2 aromatic rings. The molecule has 5 heteroatoms. The van der Waals surface area contributed by atoms with Gasteiger partial charge in [-0.1, -0.05) is 12.1 Å². The highest BCUT2D eigenvalue weighted by Crippen LogP contribution is 2.34. The number of rotatable bonds is 4. The second kappa shape index (κ2) is 7.03. The molecular formula is C19H23FN2OS. The summed E-state index contributed by atoms with van der Waals surface area (Å²) in [6, 6.07) is 8.36. The average molecular weight is 346 g/mol. The highest BCUT2D eigenvalue weighted by molar-refractivity contribution is 7.10. The van der Waals surface area contributed by atoms with E-state index >= 15 is 0 Å². The van der Waals surface area contributed by atoms with Gasteiger partial charge < -0.3 is 5.32 Å². The largest absolute Gasteiger partial charge is 0.348 e. The summed E-state index contributed by atoms with van der Waals surface area (Å²) in [5.74, 6) is -0.253. The van der Waals surface area contributed by atoms with Gasteiger partial charge in [0.15, 0.2) is 0 Å². The third kappa shape index (κ3) is 3.37. The molecule has 3 rings (SSSR count). The fraction of sp³-hybridized carbons (Fsp3) is 0.421. The van der Waals surface area contributed by atoms with Gasteiger partial charge in [0, 0.05) is 17.5 Å². The first-order chi connectivity index (χ1) is 11.5. The van der Waals surface area contributed by atoms with Crippen LogP contribution in [0.2, 0.25) is 0 Å². The van der Waals surface area contributed by atoms with E-state index < -0.39 is 0 Å². The summed E-state index contributed by atoms with van der Waals surface area (Å²) in [4.78, 5) is 16.4. The van der Waals surface area contributed by atoms with Gasteiger partial charge in [-0.3, -0.25) is 9.69 Å². The lowest BCUT2D eigenvalue weighted by Gasteiger charge is -2.37. The quantitative estimate of drug-likeness (QED) is 0.905. The molecule has 1 aliphatic heterocycles. The second-order valence-electron chi connectivity index (χ2n) is 6.42. The number of nitrogens with one attached hydrogen (secondary N) is 1. The van der Waals surface area contributed by atoms with Crippen LogP contribution in [0, 0.1) is 5.82 Å². The standard InChI is InChI=1S/C19H23FN2OS/c1-12(15-4-6-16(20)7-5-15)21-19(23)14(3)22-10-8-18-17(13(22)2)9-11-24-18/h4-7,9,11-14H,8,10H2,1-3H3,(H,21,23)/t12-,13-,14-/m0/s1. The van der Waals surface area contributed by atoms with Crippen LogP contribution in [0.25, 0.3) is 0 Å². The molecule has 3 atom stereocenters. The molecule has 24 heavy (non-hydrogen) atoms. The Bertz CT molecular complexity index is 712. The number of halogens is 1. The molecule has 128 valence electrons. The van der Waals surface area contributed by atoms with Gasteiger partial charge in [0.05, 0.1) is 12.1 Å². The van der Waals surface area contributed by atoms with Crippen LogP contribution in [0.5, 0.6) is 0 Å². The Hall–Kier alpha value is -1.72. The number of carbonyl (C=O) groups is 1. The first kappa shape index (κ1) is 17.1. The Morgan fingerprint density at radius 1 is 1.29 bits per heavy atom. The van der Waals surface area contributed by atoms with Crippen molar-refractivity contribution in [1.82, 2.24) is 10.2 Å². The molecule has 0 saturated heterocycles. The molecule has 1 aromatic heterocycles. The van der Waals surface area contributed by atoms with Crippen molar-refractivity contribution in [2.45, 2.75) is 45.3 Å². The summed E-state index contributed by atoms with van der Waals surface area (Å²) in [7, 11) is 0. The van der Waals surface area contributed by atoms with Gasteiger partial charge >= 0.3 is 0 Å². The van der Waals surface area contributed by atoms with Crippen LogP contribution in [0.4, 0.5) is 4.39 Å². The Morgan fingerprint density at radius 3 is 2.71 bits per heavy atom. The smallest absolute Gasteiger partial charge is 0.237 e. The number of nitrogens with zero attached hydrogens (tertiary/aromatic N) is 1. The van der Waals surface area contributed by atoms with E-state index in [1.807, 2.05) is 13.8 Å². The molecule has 0 bridgehead atoms. The first-order valence-corrected chi connectivity index (χ1v) is 9.23. The average Bonchev–Trinajstić information content (AvgIpc) is 3.04. The van der Waals surface area contributed by atoms with Gasteiger partial charge in [-0.15, -0.1) is 11.3 Å². The number of hydrogen-bond acceptors (Lipinski definition) is 3. The summed E-state index contributed by atoms with van der Waals surface area (Å²) >= 11 is 1.80. The van der Waals surface area contributed by atoms with E-state index in [1.54, 1.807) is 23.5 Å². The zero-order valence-corrected chi connectivity index (χ0v) is 15.1. The molecule has 0 spiro atoms. The van der Waals surface area contributed by atoms with E-state index in [1.165, 1.54) is 22.6 Å². The first-order valence-electron chi connectivity index (χ1n) is 8.35. The summed E-state index contributed by atoms with van der Waals surface area (Å²) < 4.78 is 13.0. The number of benzene rings is 1. The molecule has 1 N–H and O–H groups in total. The maximum Gasteiger partial charge on any atom is 0.237 e. The number of amides is 1. The SMILES string of the molecule is C[C@H](NC(=O)[C@H](C)N1CCc2sccc2[C@@H]1C)c1ccc(F)cc1. The zero-order chi connectivity index (χ0) is 17.3. The minimum atomic E-state index is -0.264. The van der Waals surface area contributed by atoms with Crippen molar-refractivity contribution in [1.29, 1.82) is 0 Å². The van der Waals surface area contributed by atoms with Crippen molar-refractivity contribution < 1.29 is 9.18 Å². The van der Waals surface area contributed by atoms with Crippen LogP contribution in [-0.2, 0) is 11.2 Å². The van der Waals surface area contributed by atoms with Crippen LogP contribution in [-0.4, -0.2) is 23.4 Å². The van der Waals surface area contributed by atoms with Gasteiger partial charge in [0.1, 0.15) is 5.82 Å². The number of fused-ring (bicyclic) bond motifs is 1. The monoisotopic (exact) mass is 346 g/mol. The van der Waals surface area contributed by atoms with Crippen LogP contribution in [0.3, 0.4) is 0 Å². The molecule has 1 amide bonds. The fourth-order valence-corrected chi connectivity index (χ4v) is 4.34. The van der Waals surface area contributed by atoms with E-state index in [2.05, 4.69) is 28.6 Å². The maximum atomic E-state index is 13.0. The lowest BCUT2D eigenvalue weighted by Crippen LogP contribution is -2.48. The Morgan fingerprint density at radius 2 is 2.00 bits per heavy atom. The predicted octanol–water partition coefficient (Wildman–Crippen LogP) is 4.07. The number of carbonyl (C=O) groups excluding carboxylic acids is 1. The summed E-state index contributed by atoms with van der Waals surface area (Å²) in [6.45, 7) is 6.95. The Kier molecular flexibility index (Phi) is 5.01. The van der Waals surface area contributed by atoms with E-state index in [0.29, 0.717) is 0 Å². The molecule has 0 radical (unpaired) electrons. The number of thiophene rings is 1. The molecule has 1 aliphatic rings. The lowest BCUT2D eigenvalue weighted by atomic mass is 9.99. The van der Waals surface area contributed by atoms with Gasteiger partial charge in [0.25, 0.3) is 0 Å². The molecule has 0 unspecified atom stereocenters. The summed E-state index contributed by atoms with van der Waals surface area (Å²) in [5, 5.41) is 5.18. The van der Waals surface area contributed by atoms with Crippen molar-refractivity contribution in [2.75, 3.05) is 6.54 Å². The molecule has 0 fully saturated rings. The van der Waals surface area contributed by atoms with Gasteiger partial charge in [-0.25, -0.2) is 4.39 Å². The molecule has 2 heterocycles. The van der Waals surface area contributed by atoms with Crippen molar-refractivity contribution in [3.05, 3.63) is 57.5 Å². The highest BCUT2D eigenvalue weighted by Gasteiger charge is 2.31. The minimum Gasteiger partial charge on any atom is -0.348 e. The normalized spacial score (nSPS) is 20.2. The zero-order valence-electron chi connectivity index (χ0n) is 14.3. The number of hydrogen-bond donors (Lipinski definition) is 1. The van der Waals surface area contributed by atoms with Crippen LogP contribution in [0.1, 0.15) is 48.9 Å². The van der Waals surface area contributed by atoms with Gasteiger partial charge in [-0.2, -0.15) is 0 Å². The van der Waals surface area contributed by atoms with Crippen molar-refractivity contribution in [2.24, 2.45) is 0 Å². The van der Waals surface area contributed by atoms with Crippen LogP contribution >= 0.6 is 11.3 Å². The predicted molar refractivity (Wildman–Crippen MR) is 95.6 cm³/mol. The van der Waals surface area contributed by atoms with Gasteiger partial charge in [0.2, 0.25) is 5.91 Å². The third-order valence-corrected chi connectivity index (χ3v) is 5.93. The maximum absolute atomic E-state index is 13.0. The molecule has 0 saturated carbocycles. The summed E-state index contributed by atoms with van der Waals surface area (Å²) in [6.07, 6.45) is 1.00. The van der Waals surface area contributed by atoms with Crippen LogP contribution in [0.15, 0.2) is 35.7 Å². The van der Waals surface area contributed by atoms with Gasteiger partial charge in [-0.05, 0) is 61.9 Å². The Balaban J connectivity index is 1.65. The van der Waals surface area contributed by atoms with E-state index in [9.17, 15) is 9.18 Å². The molecule has 1 aromatic carbocycles. The topological polar surface area (TPSA) is 32.3 Å². The van der Waals surface area contributed by atoms with E-state index in [0.717, 1.165) is 18.5 Å².